The molecule has 6 nitrogen and oxygen atoms in total. The summed E-state index contributed by atoms with van der Waals surface area (Å²) in [5.74, 6) is 1.61. The minimum Gasteiger partial charge on any atom is -0.381 e. The number of nitrogens with zero attached hydrogens (tertiary/aromatic N) is 2. The molecule has 2 saturated heterocycles. The van der Waals surface area contributed by atoms with Gasteiger partial charge in [-0.1, -0.05) is 6.92 Å². The molecule has 0 atom stereocenters. The summed E-state index contributed by atoms with van der Waals surface area (Å²) in [7, 11) is -3.17. The highest BCUT2D eigenvalue weighted by Crippen LogP contribution is 2.30. The van der Waals surface area contributed by atoms with Gasteiger partial charge in [-0.2, -0.15) is 0 Å². The van der Waals surface area contributed by atoms with Gasteiger partial charge in [0.2, 0.25) is 0 Å². The summed E-state index contributed by atoms with van der Waals surface area (Å²) < 4.78 is 29.3. The SMILES string of the molecule is CCNC(=NCC1(S(C)(=O)=O)CCOCC1)N1CCC(C)CC1.I. The van der Waals surface area contributed by atoms with Crippen LogP contribution in [0.3, 0.4) is 0 Å². The van der Waals surface area contributed by atoms with Crippen molar-refractivity contribution in [1.29, 1.82) is 0 Å². The number of hydrogen-bond acceptors (Lipinski definition) is 4. The second-order valence-corrected chi connectivity index (χ2v) is 9.32. The number of ether oxygens (including phenoxy) is 1. The average molecular weight is 473 g/mol. The third kappa shape index (κ3) is 5.45. The number of rotatable bonds is 4. The number of piperidine rings is 1. The highest BCUT2D eigenvalue weighted by Gasteiger charge is 2.42. The van der Waals surface area contributed by atoms with E-state index in [0.717, 1.165) is 44.4 Å². The van der Waals surface area contributed by atoms with E-state index in [2.05, 4.69) is 17.1 Å². The van der Waals surface area contributed by atoms with Crippen LogP contribution in [0, 0.1) is 5.92 Å². The van der Waals surface area contributed by atoms with E-state index in [-0.39, 0.29) is 24.0 Å². The minimum atomic E-state index is -3.17. The Balaban J connectivity index is 0.00000288. The first-order valence-electron chi connectivity index (χ1n) is 8.68. The van der Waals surface area contributed by atoms with Crippen LogP contribution in [0.2, 0.25) is 0 Å². The zero-order valence-corrected chi connectivity index (χ0v) is 18.2. The van der Waals surface area contributed by atoms with Gasteiger partial charge in [-0.05, 0) is 38.5 Å². The van der Waals surface area contributed by atoms with Gasteiger partial charge < -0.3 is 15.0 Å². The Hall–Kier alpha value is -0.0900. The molecule has 0 spiro atoms. The molecular formula is C16H32IN3O3S. The lowest BCUT2D eigenvalue weighted by atomic mass is 9.99. The molecule has 2 heterocycles. The minimum absolute atomic E-state index is 0. The van der Waals surface area contributed by atoms with E-state index in [1.54, 1.807) is 0 Å². The Morgan fingerprint density at radius 2 is 1.88 bits per heavy atom. The van der Waals surface area contributed by atoms with Gasteiger partial charge >= 0.3 is 0 Å². The smallest absolute Gasteiger partial charge is 0.193 e. The number of halogens is 1. The summed E-state index contributed by atoms with van der Waals surface area (Å²) in [4.78, 5) is 6.98. The van der Waals surface area contributed by atoms with Crippen molar-refractivity contribution < 1.29 is 13.2 Å². The molecule has 24 heavy (non-hydrogen) atoms. The van der Waals surface area contributed by atoms with Gasteiger partial charge in [0, 0.05) is 39.1 Å². The Kier molecular flexibility index (Phi) is 8.75. The lowest BCUT2D eigenvalue weighted by Gasteiger charge is -2.36. The standard InChI is InChI=1S/C16H31N3O3S.HI/c1-4-17-15(19-9-5-14(2)6-10-19)18-13-16(23(3,20)21)7-11-22-12-8-16;/h14H,4-13H2,1-3H3,(H,17,18);1H. The average Bonchev–Trinajstić information content (AvgIpc) is 2.52. The second-order valence-electron chi connectivity index (χ2n) is 6.91. The van der Waals surface area contributed by atoms with Crippen LogP contribution in [0.15, 0.2) is 4.99 Å². The first-order chi connectivity index (χ1) is 10.9. The van der Waals surface area contributed by atoms with E-state index in [4.69, 9.17) is 9.73 Å². The van der Waals surface area contributed by atoms with Gasteiger partial charge in [0.25, 0.3) is 0 Å². The molecule has 1 N–H and O–H groups in total. The summed E-state index contributed by atoms with van der Waals surface area (Å²) >= 11 is 0. The van der Waals surface area contributed by atoms with E-state index in [1.165, 1.54) is 6.26 Å². The Bertz CT molecular complexity index is 511. The highest BCUT2D eigenvalue weighted by atomic mass is 127. The molecule has 0 amide bonds. The number of likely N-dealkylation sites (tertiary alicyclic amines) is 1. The molecule has 0 bridgehead atoms. The first-order valence-corrected chi connectivity index (χ1v) is 10.6. The van der Waals surface area contributed by atoms with Gasteiger partial charge in [0.1, 0.15) is 0 Å². The van der Waals surface area contributed by atoms with Crippen molar-refractivity contribution in [2.24, 2.45) is 10.9 Å². The van der Waals surface area contributed by atoms with Crippen molar-refractivity contribution in [3.05, 3.63) is 0 Å². The number of nitrogens with one attached hydrogen (secondary N) is 1. The third-order valence-corrected chi connectivity index (χ3v) is 7.24. The molecule has 0 saturated carbocycles. The first kappa shape index (κ1) is 22.0. The summed E-state index contributed by atoms with van der Waals surface area (Å²) in [6.45, 7) is 8.42. The van der Waals surface area contributed by atoms with Crippen LogP contribution in [0.5, 0.6) is 0 Å². The van der Waals surface area contributed by atoms with Gasteiger partial charge in [0.05, 0.1) is 11.3 Å². The van der Waals surface area contributed by atoms with Crippen LogP contribution in [0.1, 0.15) is 39.5 Å². The summed E-state index contributed by atoms with van der Waals surface area (Å²) in [5, 5.41) is 3.33. The summed E-state index contributed by atoms with van der Waals surface area (Å²) in [5.41, 5.74) is 0. The molecule has 0 aromatic heterocycles. The molecule has 2 aliphatic heterocycles. The molecule has 8 heteroatoms. The number of aliphatic imine (C=N–C) groups is 1. The molecular weight excluding hydrogens is 441 g/mol. The fraction of sp³-hybridized carbons (Fsp3) is 0.938. The van der Waals surface area contributed by atoms with Gasteiger partial charge in [-0.15, -0.1) is 24.0 Å². The number of guanidine groups is 1. The second kappa shape index (κ2) is 9.56. The normalized spacial score (nSPS) is 22.8. The summed E-state index contributed by atoms with van der Waals surface area (Å²) in [6, 6.07) is 0. The van der Waals surface area contributed by atoms with Gasteiger partial charge in [-0.25, -0.2) is 8.42 Å². The molecule has 0 aromatic rings. The fourth-order valence-electron chi connectivity index (χ4n) is 3.25. The Morgan fingerprint density at radius 1 is 1.29 bits per heavy atom. The Morgan fingerprint density at radius 3 is 2.38 bits per heavy atom. The van der Waals surface area contributed by atoms with Crippen LogP contribution < -0.4 is 5.32 Å². The van der Waals surface area contributed by atoms with Crippen LogP contribution in [-0.2, 0) is 14.6 Å². The number of hydrogen-bond donors (Lipinski definition) is 1. The van der Waals surface area contributed by atoms with Crippen LogP contribution in [0.4, 0.5) is 0 Å². The molecule has 0 radical (unpaired) electrons. The zero-order valence-electron chi connectivity index (χ0n) is 15.1. The maximum absolute atomic E-state index is 12.3. The topological polar surface area (TPSA) is 71.0 Å². The van der Waals surface area contributed by atoms with E-state index in [9.17, 15) is 8.42 Å². The van der Waals surface area contributed by atoms with Crippen molar-refractivity contribution in [2.45, 2.75) is 44.3 Å². The van der Waals surface area contributed by atoms with Crippen molar-refractivity contribution in [3.63, 3.8) is 0 Å². The van der Waals surface area contributed by atoms with E-state index >= 15 is 0 Å². The van der Waals surface area contributed by atoms with Crippen molar-refractivity contribution in [1.82, 2.24) is 10.2 Å². The van der Waals surface area contributed by atoms with Crippen LogP contribution in [-0.4, -0.2) is 69.7 Å². The molecule has 2 rings (SSSR count). The van der Waals surface area contributed by atoms with E-state index in [0.29, 0.717) is 32.6 Å². The lowest BCUT2D eigenvalue weighted by molar-refractivity contribution is 0.0767. The quantitative estimate of drug-likeness (QED) is 0.384. The summed E-state index contributed by atoms with van der Waals surface area (Å²) in [6.07, 6.45) is 4.73. The molecule has 2 fully saturated rings. The van der Waals surface area contributed by atoms with Crippen molar-refractivity contribution in [3.8, 4) is 0 Å². The van der Waals surface area contributed by atoms with Crippen molar-refractivity contribution in [2.75, 3.05) is 45.6 Å². The molecule has 142 valence electrons. The van der Waals surface area contributed by atoms with Crippen LogP contribution >= 0.6 is 24.0 Å². The van der Waals surface area contributed by atoms with E-state index in [1.807, 2.05) is 6.92 Å². The van der Waals surface area contributed by atoms with E-state index < -0.39 is 14.6 Å². The highest BCUT2D eigenvalue weighted by molar-refractivity contribution is 14.0. The molecule has 0 unspecified atom stereocenters. The predicted molar refractivity (Wildman–Crippen MR) is 109 cm³/mol. The maximum atomic E-state index is 12.3. The monoisotopic (exact) mass is 473 g/mol. The molecule has 0 aliphatic carbocycles. The Labute approximate surface area is 163 Å². The predicted octanol–water partition coefficient (Wildman–Crippen LogP) is 1.90. The molecule has 0 aromatic carbocycles. The number of sulfone groups is 1. The lowest BCUT2D eigenvalue weighted by Crippen LogP contribution is -2.49. The van der Waals surface area contributed by atoms with Crippen LogP contribution in [0.25, 0.3) is 0 Å². The van der Waals surface area contributed by atoms with Crippen molar-refractivity contribution >= 4 is 39.8 Å². The third-order valence-electron chi connectivity index (χ3n) is 5.13. The largest absolute Gasteiger partial charge is 0.381 e. The maximum Gasteiger partial charge on any atom is 0.193 e. The van der Waals surface area contributed by atoms with Gasteiger partial charge in [0.15, 0.2) is 15.8 Å². The molecule has 2 aliphatic rings. The zero-order chi connectivity index (χ0) is 16.9. The van der Waals surface area contributed by atoms with Gasteiger partial charge in [-0.3, -0.25) is 4.99 Å². The fourth-order valence-corrected chi connectivity index (χ4v) is 4.46.